The van der Waals surface area contributed by atoms with E-state index >= 15 is 0 Å². The summed E-state index contributed by atoms with van der Waals surface area (Å²) in [6.45, 7) is 0. The van der Waals surface area contributed by atoms with Gasteiger partial charge in [-0.3, -0.25) is 4.79 Å². The molecule has 0 saturated carbocycles. The fourth-order valence-corrected chi connectivity index (χ4v) is 5.23. The molecule has 0 bridgehead atoms. The molecule has 0 radical (unpaired) electrons. The summed E-state index contributed by atoms with van der Waals surface area (Å²) in [6.07, 6.45) is 1.22. The first-order valence-electron chi connectivity index (χ1n) is 7.66. The smallest absolute Gasteiger partial charge is 0.258 e. The molecule has 0 unspecified atom stereocenters. The Balaban J connectivity index is 2.00. The van der Waals surface area contributed by atoms with Crippen LogP contribution in [0.5, 0.6) is 0 Å². The summed E-state index contributed by atoms with van der Waals surface area (Å²) < 4.78 is 1.24. The zero-order valence-corrected chi connectivity index (χ0v) is 14.7. The van der Waals surface area contributed by atoms with Gasteiger partial charge in [0, 0.05) is 12.6 Å². The lowest BCUT2D eigenvalue weighted by molar-refractivity contribution is 0.0861. The van der Waals surface area contributed by atoms with Crippen molar-refractivity contribution in [3.63, 3.8) is 0 Å². The van der Waals surface area contributed by atoms with Gasteiger partial charge in [-0.1, -0.05) is 48.5 Å². The molecular formula is C19H19NOS2. The Morgan fingerprint density at radius 2 is 1.39 bits per heavy atom. The van der Waals surface area contributed by atoms with E-state index in [0.717, 1.165) is 28.3 Å². The quantitative estimate of drug-likeness (QED) is 0.787. The number of carbonyl (C=O) groups is 1. The lowest BCUT2D eigenvalue weighted by atomic mass is 10.1. The van der Waals surface area contributed by atoms with Crippen LogP contribution < -0.4 is 0 Å². The predicted molar refractivity (Wildman–Crippen MR) is 101 cm³/mol. The maximum atomic E-state index is 12.9. The SMILES string of the molecule is CN(C(=O)c1ccccc1)C(=C1SCCCS1)c1ccccc1. The van der Waals surface area contributed by atoms with Gasteiger partial charge in [-0.2, -0.15) is 0 Å². The third kappa shape index (κ3) is 3.82. The molecule has 2 aromatic rings. The third-order valence-electron chi connectivity index (χ3n) is 3.66. The summed E-state index contributed by atoms with van der Waals surface area (Å²) in [5.74, 6) is 2.27. The summed E-state index contributed by atoms with van der Waals surface area (Å²) in [7, 11) is 1.88. The maximum Gasteiger partial charge on any atom is 0.258 e. The highest BCUT2D eigenvalue weighted by Crippen LogP contribution is 2.41. The molecule has 1 aliphatic heterocycles. The van der Waals surface area contributed by atoms with Gasteiger partial charge in [0.1, 0.15) is 0 Å². The van der Waals surface area contributed by atoms with Gasteiger partial charge in [0.15, 0.2) is 0 Å². The molecule has 0 atom stereocenters. The first-order chi connectivity index (χ1) is 11.3. The minimum absolute atomic E-state index is 0.0312. The lowest BCUT2D eigenvalue weighted by Crippen LogP contribution is -2.26. The molecule has 0 aromatic heterocycles. The molecule has 2 aromatic carbocycles. The van der Waals surface area contributed by atoms with Crippen molar-refractivity contribution in [2.75, 3.05) is 18.6 Å². The number of thioether (sulfide) groups is 2. The second-order valence-corrected chi connectivity index (χ2v) is 7.75. The number of hydrogen-bond donors (Lipinski definition) is 0. The molecule has 2 nitrogen and oxygen atoms in total. The Bertz CT molecular complexity index is 690. The Morgan fingerprint density at radius 1 is 0.870 bits per heavy atom. The fraction of sp³-hybridized carbons (Fsp3) is 0.211. The van der Waals surface area contributed by atoms with E-state index < -0.39 is 0 Å². The molecular weight excluding hydrogens is 322 g/mol. The van der Waals surface area contributed by atoms with Gasteiger partial charge in [0.2, 0.25) is 0 Å². The number of carbonyl (C=O) groups excluding carboxylic acids is 1. The molecule has 0 N–H and O–H groups in total. The van der Waals surface area contributed by atoms with Crippen molar-refractivity contribution in [2.45, 2.75) is 6.42 Å². The van der Waals surface area contributed by atoms with Crippen LogP contribution >= 0.6 is 23.5 Å². The van der Waals surface area contributed by atoms with E-state index in [0.29, 0.717) is 0 Å². The lowest BCUT2D eigenvalue weighted by Gasteiger charge is -2.26. The van der Waals surface area contributed by atoms with Crippen LogP contribution in [0.25, 0.3) is 5.70 Å². The second-order valence-electron chi connectivity index (χ2n) is 5.28. The average molecular weight is 342 g/mol. The highest BCUT2D eigenvalue weighted by Gasteiger charge is 2.22. The van der Waals surface area contributed by atoms with E-state index in [1.165, 1.54) is 10.7 Å². The van der Waals surface area contributed by atoms with Crippen LogP contribution in [0, 0.1) is 0 Å². The van der Waals surface area contributed by atoms with Crippen molar-refractivity contribution < 1.29 is 4.79 Å². The molecule has 1 fully saturated rings. The molecule has 1 aliphatic rings. The first kappa shape index (κ1) is 16.2. The predicted octanol–water partition coefficient (Wildman–Crippen LogP) is 4.96. The van der Waals surface area contributed by atoms with Crippen LogP contribution in [-0.4, -0.2) is 29.4 Å². The number of benzene rings is 2. The van der Waals surface area contributed by atoms with Crippen LogP contribution in [0.4, 0.5) is 0 Å². The number of hydrogen-bond acceptors (Lipinski definition) is 3. The Hall–Kier alpha value is -1.65. The number of amides is 1. The van der Waals surface area contributed by atoms with Crippen LogP contribution in [0.3, 0.4) is 0 Å². The van der Waals surface area contributed by atoms with Gasteiger partial charge in [0.05, 0.1) is 9.93 Å². The van der Waals surface area contributed by atoms with Crippen molar-refractivity contribution in [3.8, 4) is 0 Å². The molecule has 1 amide bonds. The van der Waals surface area contributed by atoms with Crippen LogP contribution in [0.15, 0.2) is 64.9 Å². The van der Waals surface area contributed by atoms with Crippen molar-refractivity contribution in [2.24, 2.45) is 0 Å². The first-order valence-corrected chi connectivity index (χ1v) is 9.63. The second kappa shape index (κ2) is 7.75. The van der Waals surface area contributed by atoms with E-state index in [2.05, 4.69) is 12.1 Å². The zero-order chi connectivity index (χ0) is 16.1. The minimum Gasteiger partial charge on any atom is -0.309 e. The van der Waals surface area contributed by atoms with Crippen LogP contribution in [0.2, 0.25) is 0 Å². The average Bonchev–Trinajstić information content (AvgIpc) is 2.64. The molecule has 4 heteroatoms. The fourth-order valence-electron chi connectivity index (χ4n) is 2.49. The number of rotatable bonds is 3. The third-order valence-corrected chi connectivity index (χ3v) is 6.26. The summed E-state index contributed by atoms with van der Waals surface area (Å²) in [4.78, 5) is 14.7. The summed E-state index contributed by atoms with van der Waals surface area (Å²) in [6, 6.07) is 19.7. The van der Waals surface area contributed by atoms with E-state index in [9.17, 15) is 4.79 Å². The van der Waals surface area contributed by atoms with Crippen molar-refractivity contribution >= 4 is 35.1 Å². The Labute approximate surface area is 146 Å². The summed E-state index contributed by atoms with van der Waals surface area (Å²) in [5, 5.41) is 0. The van der Waals surface area contributed by atoms with Gasteiger partial charge >= 0.3 is 0 Å². The molecule has 23 heavy (non-hydrogen) atoms. The van der Waals surface area contributed by atoms with Crippen molar-refractivity contribution in [1.82, 2.24) is 4.90 Å². The standard InChI is InChI=1S/C19H19NOS2/c1-20(18(21)16-11-6-3-7-12-16)17(15-9-4-2-5-10-15)19-22-13-8-14-23-19/h2-7,9-12H,8,13-14H2,1H3. The largest absolute Gasteiger partial charge is 0.309 e. The summed E-state index contributed by atoms with van der Waals surface area (Å²) in [5.41, 5.74) is 2.83. The molecule has 118 valence electrons. The van der Waals surface area contributed by atoms with E-state index in [1.54, 1.807) is 4.90 Å². The Morgan fingerprint density at radius 3 is 1.96 bits per heavy atom. The van der Waals surface area contributed by atoms with Crippen molar-refractivity contribution in [3.05, 3.63) is 76.0 Å². The normalized spacial score (nSPS) is 14.4. The van der Waals surface area contributed by atoms with Gasteiger partial charge < -0.3 is 4.90 Å². The van der Waals surface area contributed by atoms with Crippen LogP contribution in [0.1, 0.15) is 22.3 Å². The molecule has 0 aliphatic carbocycles. The van der Waals surface area contributed by atoms with Crippen molar-refractivity contribution in [1.29, 1.82) is 0 Å². The molecule has 1 heterocycles. The molecule has 3 rings (SSSR count). The zero-order valence-electron chi connectivity index (χ0n) is 13.1. The van der Waals surface area contributed by atoms with Gasteiger partial charge in [-0.05, 0) is 35.6 Å². The van der Waals surface area contributed by atoms with E-state index in [4.69, 9.17) is 0 Å². The monoisotopic (exact) mass is 341 g/mol. The van der Waals surface area contributed by atoms with E-state index in [1.807, 2.05) is 79.1 Å². The molecule has 1 saturated heterocycles. The van der Waals surface area contributed by atoms with Gasteiger partial charge in [-0.15, -0.1) is 23.5 Å². The molecule has 0 spiro atoms. The topological polar surface area (TPSA) is 20.3 Å². The van der Waals surface area contributed by atoms with Gasteiger partial charge in [0.25, 0.3) is 5.91 Å². The minimum atomic E-state index is 0.0312. The number of nitrogens with zero attached hydrogens (tertiary/aromatic N) is 1. The van der Waals surface area contributed by atoms with E-state index in [-0.39, 0.29) is 5.91 Å². The highest BCUT2D eigenvalue weighted by atomic mass is 32.2. The highest BCUT2D eigenvalue weighted by molar-refractivity contribution is 8.23. The Kier molecular flexibility index (Phi) is 5.47. The van der Waals surface area contributed by atoms with Crippen LogP contribution in [-0.2, 0) is 0 Å². The summed E-state index contributed by atoms with van der Waals surface area (Å²) >= 11 is 3.71. The maximum absolute atomic E-state index is 12.9. The van der Waals surface area contributed by atoms with Gasteiger partial charge in [-0.25, -0.2) is 0 Å².